The van der Waals surface area contributed by atoms with E-state index in [1.165, 1.54) is 173 Å². The first-order valence-corrected chi connectivity index (χ1v) is 16.5. The molecule has 2 nitrogen and oxygen atoms in total. The summed E-state index contributed by atoms with van der Waals surface area (Å²) in [6.45, 7) is 4.69. The number of rotatable bonds is 30. The van der Waals surface area contributed by atoms with Crippen LogP contribution in [0.3, 0.4) is 0 Å². The maximum absolute atomic E-state index is 11.3. The third-order valence-corrected chi connectivity index (χ3v) is 7.54. The van der Waals surface area contributed by atoms with Gasteiger partial charge < -0.3 is 4.74 Å². The summed E-state index contributed by atoms with van der Waals surface area (Å²) in [5.41, 5.74) is 0. The predicted octanol–water partition coefficient (Wildman–Crippen LogP) is 11.9. The molecule has 0 aliphatic carbocycles. The minimum Gasteiger partial charge on any atom is -0.466 e. The highest BCUT2D eigenvalue weighted by atomic mass is 16.5. The third kappa shape index (κ3) is 31.4. The smallest absolute Gasteiger partial charge is 0.305 e. The molecule has 0 fully saturated rings. The van der Waals surface area contributed by atoms with Crippen molar-refractivity contribution in [1.29, 1.82) is 0 Å². The Labute approximate surface area is 222 Å². The number of carbonyl (C=O) groups excluding carboxylic acids is 1. The Morgan fingerprint density at radius 1 is 0.371 bits per heavy atom. The van der Waals surface area contributed by atoms with E-state index in [9.17, 15) is 4.79 Å². The molecule has 0 atom stereocenters. The van der Waals surface area contributed by atoms with Gasteiger partial charge in [-0.1, -0.05) is 180 Å². The van der Waals surface area contributed by atoms with Crippen molar-refractivity contribution >= 4 is 5.97 Å². The molecule has 210 valence electrons. The van der Waals surface area contributed by atoms with Gasteiger partial charge in [0.15, 0.2) is 0 Å². The molecule has 35 heavy (non-hydrogen) atoms. The lowest BCUT2D eigenvalue weighted by Gasteiger charge is -2.04. The fourth-order valence-corrected chi connectivity index (χ4v) is 5.17. The largest absolute Gasteiger partial charge is 0.466 e. The Kier molecular flexibility index (Phi) is 31.0. The molecule has 0 rings (SSSR count). The third-order valence-electron chi connectivity index (χ3n) is 7.54. The first kappa shape index (κ1) is 34.5. The van der Waals surface area contributed by atoms with Gasteiger partial charge in [-0.2, -0.15) is 0 Å². The van der Waals surface area contributed by atoms with Gasteiger partial charge in [0.2, 0.25) is 0 Å². The monoisotopic (exact) mass is 495 g/mol. The van der Waals surface area contributed by atoms with Crippen molar-refractivity contribution in [2.24, 2.45) is 0 Å². The van der Waals surface area contributed by atoms with Crippen LogP contribution in [-0.4, -0.2) is 12.6 Å². The average Bonchev–Trinajstić information content (AvgIpc) is 2.86. The standard InChI is InChI=1S/C33H66O2/c1-3-5-6-7-8-9-10-11-12-13-14-15-16-17-18-19-20-21-22-23-24-25-26-27-28-29-30-31-32-33(34)35-4-2/h3-32H2,1-2H3. The van der Waals surface area contributed by atoms with E-state index >= 15 is 0 Å². The molecule has 0 bridgehead atoms. The van der Waals surface area contributed by atoms with Gasteiger partial charge in [-0.05, 0) is 13.3 Å². The summed E-state index contributed by atoms with van der Waals surface area (Å²) >= 11 is 0. The number of hydrogen-bond acceptors (Lipinski definition) is 2. The van der Waals surface area contributed by atoms with Crippen LogP contribution < -0.4 is 0 Å². The highest BCUT2D eigenvalue weighted by Gasteiger charge is 2.00. The van der Waals surface area contributed by atoms with E-state index in [4.69, 9.17) is 4.74 Å². The molecule has 0 N–H and O–H groups in total. The van der Waals surface area contributed by atoms with Gasteiger partial charge in [-0.3, -0.25) is 4.79 Å². The molecular formula is C33H66O2. The molecule has 0 aromatic heterocycles. The maximum atomic E-state index is 11.3. The van der Waals surface area contributed by atoms with Crippen molar-refractivity contribution in [3.8, 4) is 0 Å². The quantitative estimate of drug-likeness (QED) is 0.0732. The molecule has 0 aliphatic rings. The topological polar surface area (TPSA) is 26.3 Å². The highest BCUT2D eigenvalue weighted by Crippen LogP contribution is 2.16. The van der Waals surface area contributed by atoms with Gasteiger partial charge in [-0.15, -0.1) is 0 Å². The molecule has 0 amide bonds. The Bertz CT molecular complexity index is 393. The number of ether oxygens (including phenoxy) is 1. The molecule has 0 aliphatic heterocycles. The van der Waals surface area contributed by atoms with E-state index in [2.05, 4.69) is 6.92 Å². The van der Waals surface area contributed by atoms with Crippen molar-refractivity contribution in [3.63, 3.8) is 0 Å². The van der Waals surface area contributed by atoms with Crippen LogP contribution in [0, 0.1) is 0 Å². The van der Waals surface area contributed by atoms with Gasteiger partial charge in [0.25, 0.3) is 0 Å². The van der Waals surface area contributed by atoms with E-state index in [0.29, 0.717) is 13.0 Å². The number of hydrogen-bond donors (Lipinski definition) is 0. The predicted molar refractivity (Wildman–Crippen MR) is 156 cm³/mol. The van der Waals surface area contributed by atoms with Crippen LogP contribution in [-0.2, 0) is 9.53 Å². The van der Waals surface area contributed by atoms with Crippen LogP contribution >= 0.6 is 0 Å². The van der Waals surface area contributed by atoms with Crippen molar-refractivity contribution in [2.75, 3.05) is 6.61 Å². The molecule has 0 heterocycles. The zero-order valence-electron chi connectivity index (χ0n) is 24.5. The lowest BCUT2D eigenvalue weighted by molar-refractivity contribution is -0.143. The summed E-state index contributed by atoms with van der Waals surface area (Å²) in [5.74, 6) is -0.0256. The molecule has 2 heteroatoms. The summed E-state index contributed by atoms with van der Waals surface area (Å²) in [6.07, 6.45) is 40.3. The highest BCUT2D eigenvalue weighted by molar-refractivity contribution is 5.69. The van der Waals surface area contributed by atoms with Gasteiger partial charge in [-0.25, -0.2) is 0 Å². The summed E-state index contributed by atoms with van der Waals surface area (Å²) in [6, 6.07) is 0. The van der Waals surface area contributed by atoms with Crippen LogP contribution in [0.2, 0.25) is 0 Å². The van der Waals surface area contributed by atoms with Gasteiger partial charge in [0.05, 0.1) is 6.61 Å². The molecule has 0 saturated carbocycles. The van der Waals surface area contributed by atoms with Gasteiger partial charge in [0.1, 0.15) is 0 Å². The van der Waals surface area contributed by atoms with E-state index in [0.717, 1.165) is 6.42 Å². The molecular weight excluding hydrogens is 428 g/mol. The normalized spacial score (nSPS) is 11.3. The number of unbranched alkanes of at least 4 members (excludes halogenated alkanes) is 27. The zero-order chi connectivity index (χ0) is 25.5. The number of esters is 1. The van der Waals surface area contributed by atoms with E-state index in [-0.39, 0.29) is 5.97 Å². The first-order valence-electron chi connectivity index (χ1n) is 16.5. The van der Waals surface area contributed by atoms with Crippen molar-refractivity contribution in [3.05, 3.63) is 0 Å². The second kappa shape index (κ2) is 31.5. The van der Waals surface area contributed by atoms with Crippen LogP contribution in [0.4, 0.5) is 0 Å². The second-order valence-electron chi connectivity index (χ2n) is 11.1. The van der Waals surface area contributed by atoms with Gasteiger partial charge in [0, 0.05) is 6.42 Å². The van der Waals surface area contributed by atoms with E-state index in [1.807, 2.05) is 6.92 Å². The molecule has 0 unspecified atom stereocenters. The van der Waals surface area contributed by atoms with Crippen molar-refractivity contribution in [2.45, 2.75) is 200 Å². The minimum atomic E-state index is -0.0256. The first-order chi connectivity index (χ1) is 17.3. The zero-order valence-corrected chi connectivity index (χ0v) is 24.5. The van der Waals surface area contributed by atoms with Crippen molar-refractivity contribution in [1.82, 2.24) is 0 Å². The molecule has 0 saturated heterocycles. The van der Waals surface area contributed by atoms with Crippen LogP contribution in [0.5, 0.6) is 0 Å². The van der Waals surface area contributed by atoms with Crippen LogP contribution in [0.25, 0.3) is 0 Å². The molecule has 0 radical (unpaired) electrons. The van der Waals surface area contributed by atoms with Gasteiger partial charge >= 0.3 is 5.97 Å². The van der Waals surface area contributed by atoms with Crippen LogP contribution in [0.15, 0.2) is 0 Å². The summed E-state index contributed by atoms with van der Waals surface area (Å²) < 4.78 is 4.96. The number of carbonyl (C=O) groups is 1. The molecule has 0 aromatic carbocycles. The maximum Gasteiger partial charge on any atom is 0.305 e. The van der Waals surface area contributed by atoms with E-state index < -0.39 is 0 Å². The summed E-state index contributed by atoms with van der Waals surface area (Å²) in [7, 11) is 0. The Morgan fingerprint density at radius 2 is 0.600 bits per heavy atom. The fourth-order valence-electron chi connectivity index (χ4n) is 5.17. The molecule has 0 spiro atoms. The Hall–Kier alpha value is -0.530. The summed E-state index contributed by atoms with van der Waals surface area (Å²) in [5, 5.41) is 0. The second-order valence-corrected chi connectivity index (χ2v) is 11.1. The van der Waals surface area contributed by atoms with Crippen LogP contribution in [0.1, 0.15) is 200 Å². The Balaban J connectivity index is 3.04. The lowest BCUT2D eigenvalue weighted by atomic mass is 10.0. The van der Waals surface area contributed by atoms with E-state index in [1.54, 1.807) is 0 Å². The summed E-state index contributed by atoms with van der Waals surface area (Å²) in [4.78, 5) is 11.3. The lowest BCUT2D eigenvalue weighted by Crippen LogP contribution is -2.03. The molecule has 0 aromatic rings. The Morgan fingerprint density at radius 3 is 0.829 bits per heavy atom. The SMILES string of the molecule is CCCCCCCCCCCCCCCCCCCCCCCCCCCCCCC(=O)OCC. The fraction of sp³-hybridized carbons (Fsp3) is 0.970. The van der Waals surface area contributed by atoms with Crippen molar-refractivity contribution < 1.29 is 9.53 Å². The minimum absolute atomic E-state index is 0.0256. The average molecular weight is 495 g/mol.